The lowest BCUT2D eigenvalue weighted by molar-refractivity contribution is 0.0498. The predicted octanol–water partition coefficient (Wildman–Crippen LogP) is 2.36. The molecule has 2 aliphatic rings. The standard InChI is InChI=1S/C13H24N2O2.CH2O3/c1-17-12-7-9-15(10-8-12)13(16)14-11-5-3-2-4-6-11;2-1(3)4/h11-12H,2-10H2,1H3,(H,14,16);(H2,2,3,4). The van der Waals surface area contributed by atoms with Crippen molar-refractivity contribution in [3.8, 4) is 0 Å². The second kappa shape index (κ2) is 9.44. The fourth-order valence-corrected chi connectivity index (χ4v) is 2.81. The van der Waals surface area contributed by atoms with Gasteiger partial charge in [0.1, 0.15) is 0 Å². The van der Waals surface area contributed by atoms with Crippen LogP contribution in [-0.2, 0) is 4.74 Å². The van der Waals surface area contributed by atoms with Crippen molar-refractivity contribution in [2.45, 2.75) is 57.1 Å². The quantitative estimate of drug-likeness (QED) is 0.727. The van der Waals surface area contributed by atoms with Crippen LogP contribution in [0.1, 0.15) is 44.9 Å². The molecular weight excluding hydrogens is 276 g/mol. The summed E-state index contributed by atoms with van der Waals surface area (Å²) in [5, 5.41) is 17.1. The van der Waals surface area contributed by atoms with Crippen molar-refractivity contribution < 1.29 is 24.5 Å². The molecule has 0 spiro atoms. The molecule has 0 aromatic rings. The highest BCUT2D eigenvalue weighted by atomic mass is 16.6. The third-order valence-electron chi connectivity index (χ3n) is 4.00. The molecule has 1 heterocycles. The van der Waals surface area contributed by atoms with Crippen LogP contribution in [0.5, 0.6) is 0 Å². The Balaban J connectivity index is 0.000000491. The first kappa shape index (κ1) is 17.6. The van der Waals surface area contributed by atoms with Gasteiger partial charge in [-0.1, -0.05) is 19.3 Å². The van der Waals surface area contributed by atoms with Crippen LogP contribution in [0.4, 0.5) is 9.59 Å². The van der Waals surface area contributed by atoms with Gasteiger partial charge in [-0.15, -0.1) is 0 Å². The van der Waals surface area contributed by atoms with Gasteiger partial charge in [0.25, 0.3) is 0 Å². The average Bonchev–Trinajstić information content (AvgIpc) is 2.48. The lowest BCUT2D eigenvalue weighted by atomic mass is 9.96. The Morgan fingerprint density at radius 3 is 2.05 bits per heavy atom. The number of piperidine rings is 1. The van der Waals surface area contributed by atoms with Crippen LogP contribution in [0.15, 0.2) is 0 Å². The molecule has 0 aromatic heterocycles. The molecule has 0 unspecified atom stereocenters. The lowest BCUT2D eigenvalue weighted by Gasteiger charge is -2.33. The molecular formula is C14H26N2O5. The first-order valence-corrected chi connectivity index (χ1v) is 7.53. The molecule has 122 valence electrons. The highest BCUT2D eigenvalue weighted by Gasteiger charge is 2.24. The third-order valence-corrected chi connectivity index (χ3v) is 4.00. The van der Waals surface area contributed by atoms with Gasteiger partial charge in [0.2, 0.25) is 0 Å². The number of likely N-dealkylation sites (tertiary alicyclic amines) is 1. The summed E-state index contributed by atoms with van der Waals surface area (Å²) < 4.78 is 5.31. The number of urea groups is 1. The predicted molar refractivity (Wildman–Crippen MR) is 77.7 cm³/mol. The first-order valence-electron chi connectivity index (χ1n) is 7.53. The van der Waals surface area contributed by atoms with E-state index in [0.29, 0.717) is 12.1 Å². The number of nitrogens with one attached hydrogen (secondary N) is 1. The minimum atomic E-state index is -1.83. The molecule has 2 rings (SSSR count). The maximum Gasteiger partial charge on any atom is 0.503 e. The Morgan fingerprint density at radius 2 is 1.57 bits per heavy atom. The minimum Gasteiger partial charge on any atom is -0.450 e. The SMILES string of the molecule is COC1CCN(C(=O)NC2CCCCC2)CC1.O=C(O)O. The van der Waals surface area contributed by atoms with E-state index in [2.05, 4.69) is 5.32 Å². The monoisotopic (exact) mass is 302 g/mol. The first-order chi connectivity index (χ1) is 10.0. The zero-order valence-electron chi connectivity index (χ0n) is 12.6. The van der Waals surface area contributed by atoms with Crippen molar-refractivity contribution in [2.75, 3.05) is 20.2 Å². The molecule has 0 atom stereocenters. The van der Waals surface area contributed by atoms with Crippen LogP contribution in [-0.4, -0.2) is 59.6 Å². The molecule has 0 radical (unpaired) electrons. The lowest BCUT2D eigenvalue weighted by Crippen LogP contribution is -2.49. The van der Waals surface area contributed by atoms with Gasteiger partial charge < -0.3 is 25.2 Å². The van der Waals surface area contributed by atoms with Crippen molar-refractivity contribution in [1.29, 1.82) is 0 Å². The number of carbonyl (C=O) groups is 2. The number of amides is 2. The Morgan fingerprint density at radius 1 is 1.05 bits per heavy atom. The van der Waals surface area contributed by atoms with E-state index in [-0.39, 0.29) is 6.03 Å². The van der Waals surface area contributed by atoms with Crippen molar-refractivity contribution in [1.82, 2.24) is 10.2 Å². The highest BCUT2D eigenvalue weighted by molar-refractivity contribution is 5.74. The molecule has 2 amide bonds. The van der Waals surface area contributed by atoms with Gasteiger partial charge in [0, 0.05) is 26.2 Å². The molecule has 1 saturated carbocycles. The summed E-state index contributed by atoms with van der Waals surface area (Å²) >= 11 is 0. The van der Waals surface area contributed by atoms with Crippen LogP contribution in [0, 0.1) is 0 Å². The number of hydrogen-bond donors (Lipinski definition) is 3. The van der Waals surface area contributed by atoms with Crippen molar-refractivity contribution in [3.05, 3.63) is 0 Å². The van der Waals surface area contributed by atoms with Crippen molar-refractivity contribution in [2.24, 2.45) is 0 Å². The van der Waals surface area contributed by atoms with E-state index in [4.69, 9.17) is 19.7 Å². The van der Waals surface area contributed by atoms with Crippen molar-refractivity contribution >= 4 is 12.2 Å². The maximum absolute atomic E-state index is 12.0. The van der Waals surface area contributed by atoms with Crippen LogP contribution < -0.4 is 5.32 Å². The Hall–Kier alpha value is -1.50. The Labute approximate surface area is 125 Å². The second-order valence-corrected chi connectivity index (χ2v) is 5.49. The average molecular weight is 302 g/mol. The van der Waals surface area contributed by atoms with Crippen molar-refractivity contribution in [3.63, 3.8) is 0 Å². The van der Waals surface area contributed by atoms with Gasteiger partial charge in [-0.3, -0.25) is 0 Å². The van der Waals surface area contributed by atoms with E-state index in [1.54, 1.807) is 7.11 Å². The van der Waals surface area contributed by atoms with Gasteiger partial charge in [-0.05, 0) is 25.7 Å². The number of rotatable bonds is 2. The summed E-state index contributed by atoms with van der Waals surface area (Å²) in [5.41, 5.74) is 0. The number of methoxy groups -OCH3 is 1. The largest absolute Gasteiger partial charge is 0.503 e. The van der Waals surface area contributed by atoms with E-state index < -0.39 is 6.16 Å². The van der Waals surface area contributed by atoms with Gasteiger partial charge in [-0.25, -0.2) is 9.59 Å². The smallest absolute Gasteiger partial charge is 0.450 e. The summed E-state index contributed by atoms with van der Waals surface area (Å²) in [6, 6.07) is 0.544. The third kappa shape index (κ3) is 7.17. The molecule has 0 bridgehead atoms. The number of carbonyl (C=O) groups excluding carboxylic acids is 1. The summed E-state index contributed by atoms with van der Waals surface area (Å²) in [4.78, 5) is 22.5. The van der Waals surface area contributed by atoms with E-state index >= 15 is 0 Å². The summed E-state index contributed by atoms with van der Waals surface area (Å²) in [6.07, 6.45) is 6.59. The Bertz CT molecular complexity index is 319. The fourth-order valence-electron chi connectivity index (χ4n) is 2.81. The van der Waals surface area contributed by atoms with Gasteiger partial charge in [0.05, 0.1) is 6.10 Å². The molecule has 3 N–H and O–H groups in total. The molecule has 1 saturated heterocycles. The van der Waals surface area contributed by atoms with Gasteiger partial charge in [0.15, 0.2) is 0 Å². The molecule has 21 heavy (non-hydrogen) atoms. The molecule has 1 aliphatic carbocycles. The van der Waals surface area contributed by atoms with E-state index in [1.807, 2.05) is 4.90 Å². The van der Waals surface area contributed by atoms with E-state index in [9.17, 15) is 4.79 Å². The second-order valence-electron chi connectivity index (χ2n) is 5.49. The van der Waals surface area contributed by atoms with Crippen LogP contribution in [0.3, 0.4) is 0 Å². The zero-order valence-corrected chi connectivity index (χ0v) is 12.6. The zero-order chi connectivity index (χ0) is 15.7. The van der Waals surface area contributed by atoms with E-state index in [1.165, 1.54) is 19.3 Å². The molecule has 2 fully saturated rings. The molecule has 0 aromatic carbocycles. The number of carboxylic acid groups (broad SMARTS) is 2. The normalized spacial score (nSPS) is 20.3. The number of nitrogens with zero attached hydrogens (tertiary/aromatic N) is 1. The highest BCUT2D eigenvalue weighted by Crippen LogP contribution is 2.18. The van der Waals surface area contributed by atoms with Gasteiger partial charge >= 0.3 is 12.2 Å². The molecule has 1 aliphatic heterocycles. The summed E-state index contributed by atoms with van der Waals surface area (Å²) in [6.45, 7) is 1.66. The molecule has 7 heteroatoms. The fraction of sp³-hybridized carbons (Fsp3) is 0.857. The summed E-state index contributed by atoms with van der Waals surface area (Å²) in [5.74, 6) is 0. The maximum atomic E-state index is 12.0. The van der Waals surface area contributed by atoms with Crippen LogP contribution in [0.25, 0.3) is 0 Å². The van der Waals surface area contributed by atoms with Crippen LogP contribution >= 0.6 is 0 Å². The topological polar surface area (TPSA) is 99.1 Å². The molecule has 7 nitrogen and oxygen atoms in total. The minimum absolute atomic E-state index is 0.131. The van der Waals surface area contributed by atoms with Crippen LogP contribution in [0.2, 0.25) is 0 Å². The number of ether oxygens (including phenoxy) is 1. The van der Waals surface area contributed by atoms with E-state index in [0.717, 1.165) is 38.8 Å². The van der Waals surface area contributed by atoms with Gasteiger partial charge in [-0.2, -0.15) is 0 Å². The Kier molecular flexibility index (Phi) is 7.89. The number of hydrogen-bond acceptors (Lipinski definition) is 3. The summed E-state index contributed by atoms with van der Waals surface area (Å²) in [7, 11) is 1.75.